The van der Waals surface area contributed by atoms with Gasteiger partial charge in [-0.3, -0.25) is 14.2 Å². The van der Waals surface area contributed by atoms with Crippen LogP contribution in [0.1, 0.15) is 23.8 Å². The van der Waals surface area contributed by atoms with Gasteiger partial charge < -0.3 is 5.32 Å². The number of thioether (sulfide) groups is 1. The van der Waals surface area contributed by atoms with Crippen molar-refractivity contribution in [1.29, 1.82) is 0 Å². The van der Waals surface area contributed by atoms with Gasteiger partial charge in [-0.05, 0) is 67.4 Å². The maximum Gasteiger partial charge on any atom is 0.267 e. The molecule has 5 nitrogen and oxygen atoms in total. The Balaban J connectivity index is 1.71. The summed E-state index contributed by atoms with van der Waals surface area (Å²) in [7, 11) is 0. The van der Waals surface area contributed by atoms with Crippen LogP contribution < -0.4 is 10.9 Å². The Morgan fingerprint density at radius 3 is 2.36 bits per heavy atom. The minimum atomic E-state index is -0.201. The van der Waals surface area contributed by atoms with E-state index in [1.54, 1.807) is 64.4 Å². The van der Waals surface area contributed by atoms with E-state index in [0.29, 0.717) is 36.8 Å². The predicted octanol–water partition coefficient (Wildman–Crippen LogP) is 6.75. The first-order valence-corrected chi connectivity index (χ1v) is 12.9. The van der Waals surface area contributed by atoms with Crippen LogP contribution in [0.3, 0.4) is 0 Å². The second-order valence-corrected chi connectivity index (χ2v) is 10.3. The number of carbonyl (C=O) groups is 1. The Hall–Kier alpha value is -2.32. The lowest BCUT2D eigenvalue weighted by atomic mass is 10.1. The average Bonchev–Trinajstić information content (AvgIpc) is 3.10. The average molecular weight is 518 g/mol. The number of amides is 1. The number of thiophene rings is 1. The zero-order valence-electron chi connectivity index (χ0n) is 18.0. The van der Waals surface area contributed by atoms with Gasteiger partial charge in [0.25, 0.3) is 5.56 Å². The number of carbonyl (C=O) groups excluding carboxylic acids is 1. The molecule has 0 spiro atoms. The number of halogens is 2. The molecule has 0 saturated heterocycles. The molecule has 0 atom stereocenters. The first-order valence-electron chi connectivity index (χ1n) is 10.4. The molecule has 33 heavy (non-hydrogen) atoms. The Morgan fingerprint density at radius 2 is 1.73 bits per heavy atom. The largest absolute Gasteiger partial charge is 0.325 e. The maximum atomic E-state index is 13.6. The lowest BCUT2D eigenvalue weighted by molar-refractivity contribution is -0.113. The van der Waals surface area contributed by atoms with Crippen molar-refractivity contribution in [3.63, 3.8) is 0 Å². The Bertz CT molecular complexity index is 1360. The van der Waals surface area contributed by atoms with Crippen molar-refractivity contribution in [3.05, 3.63) is 79.4 Å². The van der Waals surface area contributed by atoms with Crippen molar-refractivity contribution >= 4 is 68.1 Å². The number of hydrogen-bond donors (Lipinski definition) is 1. The molecule has 9 heteroatoms. The van der Waals surface area contributed by atoms with E-state index in [0.717, 1.165) is 18.4 Å². The van der Waals surface area contributed by atoms with Gasteiger partial charge >= 0.3 is 0 Å². The molecule has 0 saturated carbocycles. The molecular formula is C24H21Cl2N3O2S2. The standard InChI is InChI=1S/C24H21Cl2N3O2S2/c1-3-4-19-14(2)21-22(33-19)28-24(29(23(21)31)18-11-7-16(26)8-12-18)32-13-20(30)27-17-9-5-15(25)6-10-17/h5-12H,3-4,13H2,1-2H3,(H,27,30). The van der Waals surface area contributed by atoms with Crippen LogP contribution >= 0.6 is 46.3 Å². The Labute approximate surface area is 209 Å². The SMILES string of the molecule is CCCc1sc2nc(SCC(=O)Nc3ccc(Cl)cc3)n(-c3ccc(Cl)cc3)c(=O)c2c1C. The van der Waals surface area contributed by atoms with E-state index in [4.69, 9.17) is 28.2 Å². The zero-order valence-corrected chi connectivity index (χ0v) is 21.2. The van der Waals surface area contributed by atoms with Crippen molar-refractivity contribution in [3.8, 4) is 5.69 Å². The molecule has 170 valence electrons. The van der Waals surface area contributed by atoms with Crippen LogP contribution in [0.25, 0.3) is 15.9 Å². The highest BCUT2D eigenvalue weighted by molar-refractivity contribution is 7.99. The van der Waals surface area contributed by atoms with Gasteiger partial charge in [-0.2, -0.15) is 0 Å². The summed E-state index contributed by atoms with van der Waals surface area (Å²) in [5.41, 5.74) is 2.15. The highest BCUT2D eigenvalue weighted by atomic mass is 35.5. The highest BCUT2D eigenvalue weighted by Gasteiger charge is 2.20. The number of nitrogens with one attached hydrogen (secondary N) is 1. The van der Waals surface area contributed by atoms with Crippen LogP contribution in [0.4, 0.5) is 5.69 Å². The van der Waals surface area contributed by atoms with Crippen LogP contribution in [0.2, 0.25) is 10.0 Å². The molecule has 1 N–H and O–H groups in total. The van der Waals surface area contributed by atoms with E-state index in [9.17, 15) is 9.59 Å². The normalized spacial score (nSPS) is 11.2. The van der Waals surface area contributed by atoms with E-state index >= 15 is 0 Å². The van der Waals surface area contributed by atoms with Gasteiger partial charge in [0.05, 0.1) is 16.8 Å². The van der Waals surface area contributed by atoms with Crippen LogP contribution in [0.15, 0.2) is 58.5 Å². The second-order valence-electron chi connectivity index (χ2n) is 7.44. The van der Waals surface area contributed by atoms with Gasteiger partial charge in [-0.15, -0.1) is 11.3 Å². The molecule has 0 fully saturated rings. The molecule has 2 aromatic carbocycles. The van der Waals surface area contributed by atoms with E-state index in [2.05, 4.69) is 12.2 Å². The molecule has 0 aliphatic heterocycles. The summed E-state index contributed by atoms with van der Waals surface area (Å²) >= 11 is 14.7. The van der Waals surface area contributed by atoms with E-state index in [1.165, 1.54) is 16.6 Å². The number of rotatable bonds is 7. The smallest absolute Gasteiger partial charge is 0.267 e. The van der Waals surface area contributed by atoms with Crippen LogP contribution in [0.5, 0.6) is 0 Å². The quantitative estimate of drug-likeness (QED) is 0.217. The number of anilines is 1. The van der Waals surface area contributed by atoms with Crippen LogP contribution in [-0.4, -0.2) is 21.2 Å². The molecule has 0 radical (unpaired) electrons. The molecule has 0 bridgehead atoms. The number of aryl methyl sites for hydroxylation is 2. The number of fused-ring (bicyclic) bond motifs is 1. The third kappa shape index (κ3) is 5.27. The van der Waals surface area contributed by atoms with Gasteiger partial charge in [-0.25, -0.2) is 4.98 Å². The summed E-state index contributed by atoms with van der Waals surface area (Å²) in [6, 6.07) is 13.9. The van der Waals surface area contributed by atoms with Crippen molar-refractivity contribution in [2.24, 2.45) is 0 Å². The highest BCUT2D eigenvalue weighted by Crippen LogP contribution is 2.31. The Morgan fingerprint density at radius 1 is 1.09 bits per heavy atom. The fraction of sp³-hybridized carbons (Fsp3) is 0.208. The molecule has 0 unspecified atom stereocenters. The lowest BCUT2D eigenvalue weighted by Gasteiger charge is -2.12. The summed E-state index contributed by atoms with van der Waals surface area (Å²) < 4.78 is 1.56. The third-order valence-corrected chi connectivity index (χ3v) is 7.74. The van der Waals surface area contributed by atoms with Crippen molar-refractivity contribution < 1.29 is 4.79 Å². The van der Waals surface area contributed by atoms with E-state index < -0.39 is 0 Å². The molecule has 0 aliphatic carbocycles. The molecule has 2 heterocycles. The number of aromatic nitrogens is 2. The second kappa shape index (κ2) is 10.3. The number of hydrogen-bond acceptors (Lipinski definition) is 5. The minimum absolute atomic E-state index is 0.0976. The third-order valence-electron chi connectivity index (χ3n) is 5.05. The minimum Gasteiger partial charge on any atom is -0.325 e. The van der Waals surface area contributed by atoms with Crippen molar-refractivity contribution in [1.82, 2.24) is 9.55 Å². The summed E-state index contributed by atoms with van der Waals surface area (Å²) in [6.07, 6.45) is 1.89. The van der Waals surface area contributed by atoms with E-state index in [-0.39, 0.29) is 17.2 Å². The molecule has 2 aromatic heterocycles. The fourth-order valence-corrected chi connectivity index (χ4v) is 5.84. The topological polar surface area (TPSA) is 64.0 Å². The molecule has 4 aromatic rings. The summed E-state index contributed by atoms with van der Waals surface area (Å²) in [4.78, 5) is 32.8. The molecule has 1 amide bonds. The Kier molecular flexibility index (Phi) is 7.44. The van der Waals surface area contributed by atoms with Gasteiger partial charge in [0.2, 0.25) is 5.91 Å². The number of nitrogens with zero attached hydrogens (tertiary/aromatic N) is 2. The maximum absolute atomic E-state index is 13.6. The predicted molar refractivity (Wildman–Crippen MR) is 140 cm³/mol. The van der Waals surface area contributed by atoms with Crippen molar-refractivity contribution in [2.45, 2.75) is 31.8 Å². The van der Waals surface area contributed by atoms with Crippen molar-refractivity contribution in [2.75, 3.05) is 11.1 Å². The lowest BCUT2D eigenvalue weighted by Crippen LogP contribution is -2.22. The van der Waals surface area contributed by atoms with Gasteiger partial charge in [-0.1, -0.05) is 48.3 Å². The van der Waals surface area contributed by atoms with E-state index in [1.807, 2.05) is 6.92 Å². The molecular weight excluding hydrogens is 497 g/mol. The molecule has 0 aliphatic rings. The monoisotopic (exact) mass is 517 g/mol. The summed E-state index contributed by atoms with van der Waals surface area (Å²) in [5, 5.41) is 5.11. The first-order chi connectivity index (χ1) is 15.9. The first kappa shape index (κ1) is 23.8. The zero-order chi connectivity index (χ0) is 23.5. The van der Waals surface area contributed by atoms with Gasteiger partial charge in [0.1, 0.15) is 4.83 Å². The summed E-state index contributed by atoms with van der Waals surface area (Å²) in [6.45, 7) is 4.09. The van der Waals surface area contributed by atoms with Crippen LogP contribution in [0, 0.1) is 6.92 Å². The molecule has 4 rings (SSSR count). The van der Waals surface area contributed by atoms with Crippen LogP contribution in [-0.2, 0) is 11.2 Å². The number of benzene rings is 2. The fourth-order valence-electron chi connectivity index (χ4n) is 3.45. The summed E-state index contributed by atoms with van der Waals surface area (Å²) in [5.74, 6) is -0.103. The van der Waals surface area contributed by atoms with Gasteiger partial charge in [0.15, 0.2) is 5.16 Å². The van der Waals surface area contributed by atoms with Gasteiger partial charge in [0, 0.05) is 20.6 Å².